The van der Waals surface area contributed by atoms with E-state index in [9.17, 15) is 0 Å². The molecule has 0 amide bonds. The van der Waals surface area contributed by atoms with Crippen molar-refractivity contribution >= 4 is 24.3 Å². The molecule has 0 heterocycles. The molecule has 0 fully saturated rings. The molecule has 0 aromatic heterocycles. The van der Waals surface area contributed by atoms with E-state index >= 15 is 17.6 Å². The largest absolute Gasteiger partial charge is 0.494 e. The van der Waals surface area contributed by atoms with Gasteiger partial charge in [-0.1, -0.05) is 117 Å². The van der Waals surface area contributed by atoms with Crippen LogP contribution in [0.2, 0.25) is 0 Å². The second-order valence-electron chi connectivity index (χ2n) is 13.8. The van der Waals surface area contributed by atoms with E-state index in [1.807, 2.05) is 0 Å². The molecule has 3 aromatic rings. The molecule has 0 radical (unpaired) electrons. The highest BCUT2D eigenvalue weighted by atomic mass is 19.2. The highest BCUT2D eigenvalue weighted by Gasteiger charge is 2.23. The summed E-state index contributed by atoms with van der Waals surface area (Å²) in [5, 5.41) is 0. The highest BCUT2D eigenvalue weighted by molar-refractivity contribution is 5.77. The lowest BCUT2D eigenvalue weighted by Gasteiger charge is -2.13. The summed E-state index contributed by atoms with van der Waals surface area (Å²) < 4.78 is 86.2. The van der Waals surface area contributed by atoms with Gasteiger partial charge in [-0.05, 0) is 74.2 Å². The lowest BCUT2D eigenvalue weighted by Crippen LogP contribution is -2.04. The minimum Gasteiger partial charge on any atom is -0.494 e. The van der Waals surface area contributed by atoms with Crippen molar-refractivity contribution in [1.82, 2.24) is 0 Å². The first-order valence-corrected chi connectivity index (χ1v) is 20.4. The van der Waals surface area contributed by atoms with Gasteiger partial charge in [-0.25, -0.2) is 17.6 Å². The molecule has 8 heteroatoms. The van der Waals surface area contributed by atoms with Crippen molar-refractivity contribution in [3.63, 3.8) is 0 Å². The van der Waals surface area contributed by atoms with E-state index in [1.54, 1.807) is 36.4 Å². The SMILES string of the molecule is CCCCCCOc1ccc(OCCCCCC)c(/C=C/c2c(F)c(F)c(/C=C/c3cc(OCCCCCC)ccc3OCCCCCC)c(F)c2F)c1. The second kappa shape index (κ2) is 26.0. The fourth-order valence-electron chi connectivity index (χ4n) is 5.92. The van der Waals surface area contributed by atoms with Crippen LogP contribution in [0.25, 0.3) is 24.3 Å². The Labute approximate surface area is 322 Å². The third-order valence-electron chi connectivity index (χ3n) is 9.20. The molecule has 0 bridgehead atoms. The van der Waals surface area contributed by atoms with Gasteiger partial charge in [0, 0.05) is 11.1 Å². The van der Waals surface area contributed by atoms with Crippen molar-refractivity contribution in [1.29, 1.82) is 0 Å². The van der Waals surface area contributed by atoms with Crippen LogP contribution in [0.5, 0.6) is 23.0 Å². The molecule has 0 aliphatic rings. The van der Waals surface area contributed by atoms with Crippen LogP contribution in [0, 0.1) is 23.3 Å². The minimum atomic E-state index is -1.49. The van der Waals surface area contributed by atoms with Crippen LogP contribution in [-0.4, -0.2) is 26.4 Å². The number of halogens is 4. The van der Waals surface area contributed by atoms with Crippen LogP contribution < -0.4 is 18.9 Å². The van der Waals surface area contributed by atoms with Crippen molar-refractivity contribution in [3.05, 3.63) is 81.9 Å². The zero-order chi connectivity index (χ0) is 39.0. The van der Waals surface area contributed by atoms with Gasteiger partial charge in [0.25, 0.3) is 0 Å². The van der Waals surface area contributed by atoms with Crippen LogP contribution in [-0.2, 0) is 0 Å². The Kier molecular flexibility index (Phi) is 21.4. The number of benzene rings is 3. The molecular weight excluding hydrogens is 692 g/mol. The van der Waals surface area contributed by atoms with Gasteiger partial charge in [0.15, 0.2) is 23.3 Å². The van der Waals surface area contributed by atoms with Gasteiger partial charge in [0.1, 0.15) is 23.0 Å². The third kappa shape index (κ3) is 15.1. The standard InChI is InChI=1S/C46H62F4O4/c1-5-9-13-17-29-51-37-23-27-41(53-31-19-15-11-7-3)35(33-37)21-25-39-43(47)45(49)40(46(50)44(39)48)26-22-36-34-38(52-30-18-14-10-6-2)24-28-42(36)54-32-20-16-12-8-4/h21-28,33-34H,5-20,29-32H2,1-4H3/b25-21+,26-22+. The number of hydrogen-bond acceptors (Lipinski definition) is 4. The van der Waals surface area contributed by atoms with Gasteiger partial charge in [-0.15, -0.1) is 0 Å². The highest BCUT2D eigenvalue weighted by Crippen LogP contribution is 2.32. The van der Waals surface area contributed by atoms with Gasteiger partial charge in [-0.2, -0.15) is 0 Å². The van der Waals surface area contributed by atoms with Gasteiger partial charge < -0.3 is 18.9 Å². The first-order valence-electron chi connectivity index (χ1n) is 20.4. The van der Waals surface area contributed by atoms with Crippen LogP contribution in [0.4, 0.5) is 17.6 Å². The molecule has 3 aromatic carbocycles. The van der Waals surface area contributed by atoms with Crippen molar-refractivity contribution in [3.8, 4) is 23.0 Å². The quantitative estimate of drug-likeness (QED) is 0.0320. The van der Waals surface area contributed by atoms with Crippen LogP contribution >= 0.6 is 0 Å². The van der Waals surface area contributed by atoms with E-state index in [4.69, 9.17) is 18.9 Å². The van der Waals surface area contributed by atoms with Gasteiger partial charge in [-0.3, -0.25) is 0 Å². The Hall–Kier alpha value is -3.94. The normalized spacial score (nSPS) is 11.6. The molecule has 4 nitrogen and oxygen atoms in total. The zero-order valence-corrected chi connectivity index (χ0v) is 33.1. The fraction of sp³-hybridized carbons (Fsp3) is 0.522. The third-order valence-corrected chi connectivity index (χ3v) is 9.20. The van der Waals surface area contributed by atoms with E-state index in [2.05, 4.69) is 27.7 Å². The molecule has 0 saturated heterocycles. The summed E-state index contributed by atoms with van der Waals surface area (Å²) in [5.41, 5.74) is -0.683. The Morgan fingerprint density at radius 1 is 0.389 bits per heavy atom. The Bertz CT molecular complexity index is 1440. The van der Waals surface area contributed by atoms with Crippen molar-refractivity contribution in [2.75, 3.05) is 26.4 Å². The Morgan fingerprint density at radius 3 is 1.02 bits per heavy atom. The van der Waals surface area contributed by atoms with E-state index < -0.39 is 34.4 Å². The van der Waals surface area contributed by atoms with E-state index in [0.717, 1.165) is 115 Å². The average Bonchev–Trinajstić information content (AvgIpc) is 3.18. The van der Waals surface area contributed by atoms with Crippen molar-refractivity contribution in [2.24, 2.45) is 0 Å². The number of rotatable bonds is 28. The summed E-state index contributed by atoms with van der Waals surface area (Å²) >= 11 is 0. The van der Waals surface area contributed by atoms with E-state index in [0.29, 0.717) is 60.6 Å². The summed E-state index contributed by atoms with van der Waals surface area (Å²) in [6.07, 6.45) is 21.4. The molecule has 0 saturated carbocycles. The molecule has 0 atom stereocenters. The Morgan fingerprint density at radius 2 is 0.704 bits per heavy atom. The zero-order valence-electron chi connectivity index (χ0n) is 33.1. The molecular formula is C46H62F4O4. The summed E-state index contributed by atoms with van der Waals surface area (Å²) in [7, 11) is 0. The maximum atomic E-state index is 15.6. The lowest BCUT2D eigenvalue weighted by molar-refractivity contribution is 0.296. The predicted octanol–water partition coefficient (Wildman–Crippen LogP) is 14.4. The summed E-state index contributed by atoms with van der Waals surface area (Å²) in [4.78, 5) is 0. The monoisotopic (exact) mass is 754 g/mol. The molecule has 0 aliphatic heterocycles. The van der Waals surface area contributed by atoms with Gasteiger partial charge >= 0.3 is 0 Å². The number of unbranched alkanes of at least 4 members (excludes halogenated alkanes) is 12. The maximum Gasteiger partial charge on any atom is 0.169 e. The van der Waals surface area contributed by atoms with Gasteiger partial charge in [0.05, 0.1) is 37.6 Å². The molecule has 0 unspecified atom stereocenters. The van der Waals surface area contributed by atoms with Gasteiger partial charge in [0.2, 0.25) is 0 Å². The second-order valence-corrected chi connectivity index (χ2v) is 13.8. The first-order chi connectivity index (χ1) is 26.3. The molecule has 54 heavy (non-hydrogen) atoms. The summed E-state index contributed by atoms with van der Waals surface area (Å²) in [6, 6.07) is 10.5. The average molecular weight is 755 g/mol. The topological polar surface area (TPSA) is 36.9 Å². The smallest absolute Gasteiger partial charge is 0.169 e. The van der Waals surface area contributed by atoms with Crippen LogP contribution in [0.3, 0.4) is 0 Å². The summed E-state index contributed by atoms with van der Waals surface area (Å²) in [5.74, 6) is -3.87. The fourth-order valence-corrected chi connectivity index (χ4v) is 5.92. The lowest BCUT2D eigenvalue weighted by atomic mass is 10.0. The first kappa shape index (κ1) is 44.5. The minimum absolute atomic E-state index is 0.463. The molecule has 0 aliphatic carbocycles. The molecule has 298 valence electrons. The number of hydrogen-bond donors (Lipinski definition) is 0. The van der Waals surface area contributed by atoms with Crippen molar-refractivity contribution < 1.29 is 36.5 Å². The van der Waals surface area contributed by atoms with Crippen LogP contribution in [0.1, 0.15) is 153 Å². The number of ether oxygens (including phenoxy) is 4. The Balaban J connectivity index is 1.89. The maximum absolute atomic E-state index is 15.6. The van der Waals surface area contributed by atoms with E-state index in [-0.39, 0.29) is 0 Å². The molecule has 0 N–H and O–H groups in total. The van der Waals surface area contributed by atoms with Crippen molar-refractivity contribution in [2.45, 2.75) is 130 Å². The molecule has 0 spiro atoms. The summed E-state index contributed by atoms with van der Waals surface area (Å²) in [6.45, 7) is 10.5. The molecule has 3 rings (SSSR count). The predicted molar refractivity (Wildman–Crippen MR) is 216 cm³/mol. The van der Waals surface area contributed by atoms with Crippen LogP contribution in [0.15, 0.2) is 36.4 Å². The van der Waals surface area contributed by atoms with E-state index in [1.165, 1.54) is 12.2 Å².